The minimum Gasteiger partial charge on any atom is -0.357 e. The Bertz CT molecular complexity index is 373. The number of amides is 1. The highest BCUT2D eigenvalue weighted by Crippen LogP contribution is 2.19. The van der Waals surface area contributed by atoms with Crippen LogP contribution in [0.5, 0.6) is 0 Å². The van der Waals surface area contributed by atoms with Gasteiger partial charge in [-0.3, -0.25) is 9.69 Å². The normalized spacial score (nSPS) is 17.2. The molecule has 0 atom stereocenters. The van der Waals surface area contributed by atoms with Gasteiger partial charge in [-0.15, -0.1) is 0 Å². The van der Waals surface area contributed by atoms with E-state index >= 15 is 0 Å². The number of likely N-dealkylation sites (tertiary alicyclic amines) is 1. The first-order chi connectivity index (χ1) is 10.4. The summed E-state index contributed by atoms with van der Waals surface area (Å²) >= 11 is 0. The summed E-state index contributed by atoms with van der Waals surface area (Å²) < 4.78 is 0. The van der Waals surface area contributed by atoms with Gasteiger partial charge in [0.25, 0.3) is 0 Å². The van der Waals surface area contributed by atoms with Gasteiger partial charge in [0.1, 0.15) is 6.54 Å². The lowest BCUT2D eigenvalue weighted by Crippen LogP contribution is -2.55. The first-order valence-electron chi connectivity index (χ1n) is 8.34. The predicted molar refractivity (Wildman–Crippen MR) is 92.2 cm³/mol. The second kappa shape index (κ2) is 8.98. The van der Waals surface area contributed by atoms with Crippen LogP contribution in [0.3, 0.4) is 0 Å². The van der Waals surface area contributed by atoms with Gasteiger partial charge in [0.2, 0.25) is 5.91 Å². The fourth-order valence-electron chi connectivity index (χ4n) is 2.54. The quantitative estimate of drug-likeness (QED) is 0.565. The van der Waals surface area contributed by atoms with E-state index in [-0.39, 0.29) is 18.0 Å². The van der Waals surface area contributed by atoms with Crippen LogP contribution in [0.2, 0.25) is 0 Å². The van der Waals surface area contributed by atoms with Crippen LogP contribution in [0.15, 0.2) is 4.99 Å². The average Bonchev–Trinajstić information content (AvgIpc) is 2.50. The standard InChI is InChI=1S/C16H33N5O/c1-6-17-15(18-12-14(22)20(4)5)19-13-16(2,3)21-10-8-7-9-11-21/h6-13H2,1-5H3,(H2,17,18,19). The maximum atomic E-state index is 11.7. The van der Waals surface area contributed by atoms with Crippen LogP contribution in [0.25, 0.3) is 0 Å². The Morgan fingerprint density at radius 3 is 2.36 bits per heavy atom. The van der Waals surface area contributed by atoms with Gasteiger partial charge in [-0.2, -0.15) is 0 Å². The molecule has 0 saturated carbocycles. The Balaban J connectivity index is 2.54. The zero-order valence-corrected chi connectivity index (χ0v) is 14.9. The summed E-state index contributed by atoms with van der Waals surface area (Å²) in [5, 5.41) is 6.58. The second-order valence-electron chi connectivity index (χ2n) is 6.70. The van der Waals surface area contributed by atoms with Gasteiger partial charge >= 0.3 is 0 Å². The Morgan fingerprint density at radius 1 is 1.18 bits per heavy atom. The number of rotatable bonds is 6. The molecule has 0 aromatic heterocycles. The van der Waals surface area contributed by atoms with Crippen molar-refractivity contribution in [2.45, 2.75) is 45.6 Å². The maximum Gasteiger partial charge on any atom is 0.243 e. The lowest BCUT2D eigenvalue weighted by atomic mass is 9.98. The number of likely N-dealkylation sites (N-methyl/N-ethyl adjacent to an activating group) is 1. The van der Waals surface area contributed by atoms with Crippen molar-refractivity contribution in [3.63, 3.8) is 0 Å². The van der Waals surface area contributed by atoms with Gasteiger partial charge in [0.15, 0.2) is 5.96 Å². The summed E-state index contributed by atoms with van der Waals surface area (Å²) in [6.07, 6.45) is 3.92. The average molecular weight is 311 g/mol. The smallest absolute Gasteiger partial charge is 0.243 e. The Kier molecular flexibility index (Phi) is 7.65. The lowest BCUT2D eigenvalue weighted by Gasteiger charge is -2.41. The van der Waals surface area contributed by atoms with Crippen LogP contribution in [0.1, 0.15) is 40.0 Å². The highest BCUT2D eigenvalue weighted by atomic mass is 16.2. The fraction of sp³-hybridized carbons (Fsp3) is 0.875. The zero-order chi connectivity index (χ0) is 16.6. The Hall–Kier alpha value is -1.30. The van der Waals surface area contributed by atoms with Gasteiger partial charge in [-0.1, -0.05) is 6.42 Å². The molecule has 0 aromatic rings. The van der Waals surface area contributed by atoms with Crippen molar-refractivity contribution in [1.29, 1.82) is 0 Å². The Morgan fingerprint density at radius 2 is 1.82 bits per heavy atom. The zero-order valence-electron chi connectivity index (χ0n) is 14.9. The number of piperidine rings is 1. The molecule has 6 nitrogen and oxygen atoms in total. The number of nitrogens with zero attached hydrogens (tertiary/aromatic N) is 3. The monoisotopic (exact) mass is 311 g/mol. The van der Waals surface area contributed by atoms with E-state index in [0.29, 0.717) is 5.96 Å². The summed E-state index contributed by atoms with van der Waals surface area (Å²) in [4.78, 5) is 20.1. The van der Waals surface area contributed by atoms with E-state index in [1.54, 1.807) is 19.0 Å². The van der Waals surface area contributed by atoms with Gasteiger partial charge in [-0.25, -0.2) is 4.99 Å². The predicted octanol–water partition coefficient (Wildman–Crippen LogP) is 0.894. The van der Waals surface area contributed by atoms with Crippen molar-refractivity contribution in [2.24, 2.45) is 4.99 Å². The third-order valence-corrected chi connectivity index (χ3v) is 4.12. The molecule has 0 spiro atoms. The van der Waals surface area contributed by atoms with Gasteiger partial charge < -0.3 is 15.5 Å². The molecule has 0 radical (unpaired) electrons. The molecule has 22 heavy (non-hydrogen) atoms. The van der Waals surface area contributed by atoms with Crippen molar-refractivity contribution in [3.8, 4) is 0 Å². The molecule has 6 heteroatoms. The van der Waals surface area contributed by atoms with Crippen molar-refractivity contribution in [1.82, 2.24) is 20.4 Å². The number of nitrogens with one attached hydrogen (secondary N) is 2. The number of guanidine groups is 1. The summed E-state index contributed by atoms with van der Waals surface area (Å²) in [5.41, 5.74) is 0.0855. The van der Waals surface area contributed by atoms with E-state index in [4.69, 9.17) is 0 Å². The van der Waals surface area contributed by atoms with Crippen LogP contribution in [0, 0.1) is 0 Å². The molecule has 2 N–H and O–H groups in total. The SMILES string of the molecule is CCNC(=NCC(=O)N(C)C)NCC(C)(C)N1CCCCC1. The molecular formula is C16H33N5O. The third-order valence-electron chi connectivity index (χ3n) is 4.12. The van der Waals surface area contributed by atoms with E-state index in [0.717, 1.165) is 13.1 Å². The molecule has 0 aliphatic carbocycles. The van der Waals surface area contributed by atoms with E-state index in [9.17, 15) is 4.79 Å². The highest BCUT2D eigenvalue weighted by Gasteiger charge is 2.27. The molecular weight excluding hydrogens is 278 g/mol. The first kappa shape index (κ1) is 18.7. The third kappa shape index (κ3) is 6.22. The second-order valence-corrected chi connectivity index (χ2v) is 6.70. The van der Waals surface area contributed by atoms with E-state index in [1.165, 1.54) is 32.4 Å². The number of carbonyl (C=O) groups excluding carboxylic acids is 1. The van der Waals surface area contributed by atoms with Crippen molar-refractivity contribution in [3.05, 3.63) is 0 Å². The number of hydrogen-bond donors (Lipinski definition) is 2. The van der Waals surface area contributed by atoms with E-state index < -0.39 is 0 Å². The van der Waals surface area contributed by atoms with E-state index in [2.05, 4.69) is 34.4 Å². The van der Waals surface area contributed by atoms with Gasteiger partial charge in [-0.05, 0) is 46.7 Å². The molecule has 0 bridgehead atoms. The molecule has 1 aliphatic rings. The van der Waals surface area contributed by atoms with Crippen molar-refractivity contribution in [2.75, 3.05) is 46.8 Å². The minimum absolute atomic E-state index is 0.00694. The molecule has 1 aliphatic heterocycles. The minimum atomic E-state index is 0.00694. The van der Waals surface area contributed by atoms with Crippen LogP contribution >= 0.6 is 0 Å². The summed E-state index contributed by atoms with van der Waals surface area (Å²) in [7, 11) is 3.50. The maximum absolute atomic E-state index is 11.7. The molecule has 0 aromatic carbocycles. The molecule has 1 fully saturated rings. The molecule has 1 heterocycles. The van der Waals surface area contributed by atoms with Gasteiger partial charge in [0, 0.05) is 32.7 Å². The molecule has 128 valence electrons. The molecule has 1 rings (SSSR count). The van der Waals surface area contributed by atoms with Crippen LogP contribution in [-0.2, 0) is 4.79 Å². The van der Waals surface area contributed by atoms with Crippen LogP contribution < -0.4 is 10.6 Å². The topological polar surface area (TPSA) is 60.0 Å². The number of hydrogen-bond acceptors (Lipinski definition) is 3. The summed E-state index contributed by atoms with van der Waals surface area (Å²) in [5.74, 6) is 0.718. The lowest BCUT2D eigenvalue weighted by molar-refractivity contribution is -0.127. The van der Waals surface area contributed by atoms with Crippen LogP contribution in [-0.4, -0.2) is 74.0 Å². The summed E-state index contributed by atoms with van der Waals surface area (Å²) in [6, 6.07) is 0. The first-order valence-corrected chi connectivity index (χ1v) is 8.34. The molecule has 1 saturated heterocycles. The fourth-order valence-corrected chi connectivity index (χ4v) is 2.54. The van der Waals surface area contributed by atoms with E-state index in [1.807, 2.05) is 6.92 Å². The highest BCUT2D eigenvalue weighted by molar-refractivity contribution is 5.84. The van der Waals surface area contributed by atoms with Crippen LogP contribution in [0.4, 0.5) is 0 Å². The molecule has 1 amide bonds. The van der Waals surface area contributed by atoms with Gasteiger partial charge in [0.05, 0.1) is 0 Å². The number of carbonyl (C=O) groups is 1. The van der Waals surface area contributed by atoms with Crippen molar-refractivity contribution >= 4 is 11.9 Å². The Labute approximate surface area is 135 Å². The number of aliphatic imine (C=N–C) groups is 1. The largest absolute Gasteiger partial charge is 0.357 e. The summed E-state index contributed by atoms with van der Waals surface area (Å²) in [6.45, 7) is 10.7. The van der Waals surface area contributed by atoms with Crippen molar-refractivity contribution < 1.29 is 4.79 Å². The molecule has 0 unspecified atom stereocenters.